The minimum absolute atomic E-state index is 0. The maximum atomic E-state index is 9.59. The van der Waals surface area contributed by atoms with Crippen molar-refractivity contribution in [3.63, 3.8) is 0 Å². The second kappa shape index (κ2) is 4.63. The van der Waals surface area contributed by atoms with Crippen LogP contribution in [0.4, 0.5) is 0 Å². The highest BCUT2D eigenvalue weighted by Crippen LogP contribution is 2.34. The van der Waals surface area contributed by atoms with E-state index in [0.29, 0.717) is 5.54 Å². The van der Waals surface area contributed by atoms with Gasteiger partial charge < -0.3 is 10.4 Å². The lowest BCUT2D eigenvalue weighted by atomic mass is 9.75. The molecule has 0 radical (unpaired) electrons. The summed E-state index contributed by atoms with van der Waals surface area (Å²) in [6.45, 7) is 1.02. The van der Waals surface area contributed by atoms with Crippen molar-refractivity contribution >= 4 is 12.4 Å². The van der Waals surface area contributed by atoms with Crippen LogP contribution in [0.15, 0.2) is 0 Å². The first kappa shape index (κ1) is 11.3. The van der Waals surface area contributed by atoms with E-state index in [2.05, 4.69) is 5.32 Å². The topological polar surface area (TPSA) is 32.3 Å². The van der Waals surface area contributed by atoms with Crippen LogP contribution in [0.3, 0.4) is 0 Å². The largest absolute Gasteiger partial charge is 0.393 e. The number of piperidine rings is 1. The summed E-state index contributed by atoms with van der Waals surface area (Å²) in [6.07, 6.45) is 8.55. The Labute approximate surface area is 86.5 Å². The Balaban J connectivity index is 0.000000845. The van der Waals surface area contributed by atoms with Gasteiger partial charge in [0.2, 0.25) is 0 Å². The van der Waals surface area contributed by atoms with Gasteiger partial charge in [-0.3, -0.25) is 0 Å². The van der Waals surface area contributed by atoms with Crippen LogP contribution in [-0.2, 0) is 0 Å². The third-order valence-electron chi connectivity index (χ3n) is 3.41. The Morgan fingerprint density at radius 1 is 1.15 bits per heavy atom. The van der Waals surface area contributed by atoms with Gasteiger partial charge in [0.15, 0.2) is 0 Å². The van der Waals surface area contributed by atoms with Crippen molar-refractivity contribution in [2.45, 2.75) is 56.6 Å². The normalized spacial score (nSPS) is 32.5. The number of rotatable bonds is 0. The molecule has 3 heteroatoms. The average molecular weight is 206 g/mol. The lowest BCUT2D eigenvalue weighted by molar-refractivity contribution is 0.0585. The first-order valence-electron chi connectivity index (χ1n) is 5.24. The molecule has 0 aromatic carbocycles. The molecule has 0 aromatic heterocycles. The van der Waals surface area contributed by atoms with E-state index >= 15 is 0 Å². The highest BCUT2D eigenvalue weighted by atomic mass is 35.5. The first-order chi connectivity index (χ1) is 5.81. The fourth-order valence-electron chi connectivity index (χ4n) is 2.74. The van der Waals surface area contributed by atoms with E-state index in [9.17, 15) is 5.11 Å². The van der Waals surface area contributed by atoms with E-state index in [1.165, 1.54) is 32.1 Å². The zero-order valence-corrected chi connectivity index (χ0v) is 8.91. The molecule has 1 spiro atoms. The maximum absolute atomic E-state index is 9.59. The molecule has 1 atom stereocenters. The zero-order chi connectivity index (χ0) is 8.44. The molecule has 0 amide bonds. The van der Waals surface area contributed by atoms with Gasteiger partial charge in [-0.1, -0.05) is 19.3 Å². The second-order valence-corrected chi connectivity index (χ2v) is 4.41. The molecule has 1 saturated carbocycles. The summed E-state index contributed by atoms with van der Waals surface area (Å²) in [6, 6.07) is 0. The molecule has 0 bridgehead atoms. The number of hydrogen-bond acceptors (Lipinski definition) is 2. The predicted molar refractivity (Wildman–Crippen MR) is 56.3 cm³/mol. The molecule has 2 rings (SSSR count). The summed E-state index contributed by atoms with van der Waals surface area (Å²) in [5.74, 6) is 0. The first-order valence-corrected chi connectivity index (χ1v) is 5.24. The minimum Gasteiger partial charge on any atom is -0.393 e. The van der Waals surface area contributed by atoms with Crippen molar-refractivity contribution in [1.29, 1.82) is 0 Å². The zero-order valence-electron chi connectivity index (χ0n) is 8.09. The van der Waals surface area contributed by atoms with Crippen molar-refractivity contribution < 1.29 is 5.11 Å². The molecular weight excluding hydrogens is 186 g/mol. The van der Waals surface area contributed by atoms with Gasteiger partial charge in [-0.15, -0.1) is 12.4 Å². The minimum atomic E-state index is -0.0376. The van der Waals surface area contributed by atoms with E-state index in [1.807, 2.05) is 0 Å². The summed E-state index contributed by atoms with van der Waals surface area (Å²) in [4.78, 5) is 0. The van der Waals surface area contributed by atoms with Crippen LogP contribution in [0, 0.1) is 0 Å². The van der Waals surface area contributed by atoms with Crippen molar-refractivity contribution in [3.8, 4) is 0 Å². The predicted octanol–water partition coefficient (Wildman–Crippen LogP) is 1.86. The van der Waals surface area contributed by atoms with Crippen molar-refractivity contribution in [2.24, 2.45) is 0 Å². The van der Waals surface area contributed by atoms with Gasteiger partial charge in [0.1, 0.15) is 0 Å². The van der Waals surface area contributed by atoms with E-state index in [0.717, 1.165) is 19.4 Å². The van der Waals surface area contributed by atoms with Gasteiger partial charge in [-0.05, 0) is 32.2 Å². The van der Waals surface area contributed by atoms with Crippen LogP contribution in [0.1, 0.15) is 44.9 Å². The number of halogens is 1. The van der Waals surface area contributed by atoms with Gasteiger partial charge in [-0.25, -0.2) is 0 Å². The van der Waals surface area contributed by atoms with Gasteiger partial charge in [0.05, 0.1) is 6.10 Å². The summed E-state index contributed by atoms with van der Waals surface area (Å²) in [7, 11) is 0. The standard InChI is InChI=1S/C10H19NO.ClH/c12-9-4-7-11-10(8-9)5-2-1-3-6-10;/h9,11-12H,1-8H2;1H. The molecule has 0 aromatic rings. The van der Waals surface area contributed by atoms with Crippen LogP contribution in [0.25, 0.3) is 0 Å². The number of hydrogen-bond donors (Lipinski definition) is 2. The van der Waals surface area contributed by atoms with E-state index in [-0.39, 0.29) is 18.5 Å². The van der Waals surface area contributed by atoms with E-state index in [1.54, 1.807) is 0 Å². The fraction of sp³-hybridized carbons (Fsp3) is 1.00. The molecular formula is C10H20ClNO. The quantitative estimate of drug-likeness (QED) is 0.633. The summed E-state index contributed by atoms with van der Waals surface area (Å²) in [5, 5.41) is 13.2. The monoisotopic (exact) mass is 205 g/mol. The van der Waals surface area contributed by atoms with Crippen LogP contribution < -0.4 is 5.32 Å². The smallest absolute Gasteiger partial charge is 0.0569 e. The van der Waals surface area contributed by atoms with Gasteiger partial charge >= 0.3 is 0 Å². The van der Waals surface area contributed by atoms with Crippen LogP contribution in [0.5, 0.6) is 0 Å². The third-order valence-corrected chi connectivity index (χ3v) is 3.41. The Morgan fingerprint density at radius 3 is 2.46 bits per heavy atom. The number of nitrogens with one attached hydrogen (secondary N) is 1. The molecule has 13 heavy (non-hydrogen) atoms. The van der Waals surface area contributed by atoms with Crippen molar-refractivity contribution in [3.05, 3.63) is 0 Å². The third kappa shape index (κ3) is 2.58. The highest BCUT2D eigenvalue weighted by molar-refractivity contribution is 5.85. The summed E-state index contributed by atoms with van der Waals surface area (Å²) < 4.78 is 0. The van der Waals surface area contributed by atoms with Crippen LogP contribution in [-0.4, -0.2) is 23.3 Å². The van der Waals surface area contributed by atoms with Crippen LogP contribution in [0.2, 0.25) is 0 Å². The van der Waals surface area contributed by atoms with Gasteiger partial charge in [-0.2, -0.15) is 0 Å². The van der Waals surface area contributed by atoms with Crippen LogP contribution >= 0.6 is 12.4 Å². The Morgan fingerprint density at radius 2 is 1.85 bits per heavy atom. The van der Waals surface area contributed by atoms with Gasteiger partial charge in [0.25, 0.3) is 0 Å². The SMILES string of the molecule is Cl.OC1CCNC2(CCCCC2)C1. The Kier molecular flexibility index (Phi) is 4.02. The molecule has 2 fully saturated rings. The second-order valence-electron chi connectivity index (χ2n) is 4.41. The Bertz CT molecular complexity index is 151. The maximum Gasteiger partial charge on any atom is 0.0569 e. The molecule has 2 aliphatic rings. The average Bonchev–Trinajstić information content (AvgIpc) is 2.05. The summed E-state index contributed by atoms with van der Waals surface area (Å²) in [5.41, 5.74) is 0.329. The van der Waals surface area contributed by atoms with Gasteiger partial charge in [0, 0.05) is 5.54 Å². The van der Waals surface area contributed by atoms with Crippen molar-refractivity contribution in [1.82, 2.24) is 5.32 Å². The van der Waals surface area contributed by atoms with E-state index in [4.69, 9.17) is 0 Å². The molecule has 1 saturated heterocycles. The van der Waals surface area contributed by atoms with E-state index < -0.39 is 0 Å². The fourth-order valence-corrected chi connectivity index (χ4v) is 2.74. The molecule has 1 aliphatic heterocycles. The lowest BCUT2D eigenvalue weighted by Crippen LogP contribution is -2.53. The molecule has 2 N–H and O–H groups in total. The Hall–Kier alpha value is 0.210. The molecule has 2 nitrogen and oxygen atoms in total. The van der Waals surface area contributed by atoms with Crippen molar-refractivity contribution in [2.75, 3.05) is 6.54 Å². The molecule has 1 aliphatic carbocycles. The molecule has 1 heterocycles. The molecule has 78 valence electrons. The highest BCUT2D eigenvalue weighted by Gasteiger charge is 2.35. The lowest BCUT2D eigenvalue weighted by Gasteiger charge is -2.43. The summed E-state index contributed by atoms with van der Waals surface area (Å²) >= 11 is 0. The number of aliphatic hydroxyl groups excluding tert-OH is 1. The molecule has 1 unspecified atom stereocenters. The number of aliphatic hydroxyl groups is 1.